The van der Waals surface area contributed by atoms with Gasteiger partial charge in [-0.3, -0.25) is 0 Å². The fourth-order valence-corrected chi connectivity index (χ4v) is 4.65. The molecule has 0 amide bonds. The van der Waals surface area contributed by atoms with E-state index in [0.29, 0.717) is 5.92 Å². The van der Waals surface area contributed by atoms with Gasteiger partial charge in [-0.1, -0.05) is 84.7 Å². The number of benzene rings is 2. The number of hydrogen-bond acceptors (Lipinski definition) is 1. The molecule has 0 spiro atoms. The van der Waals surface area contributed by atoms with Gasteiger partial charge in [-0.25, -0.2) is 0 Å². The average molecular weight is 351 g/mol. The fourth-order valence-electron chi connectivity index (χ4n) is 4.65. The molecule has 0 radical (unpaired) electrons. The number of rotatable bonds is 2. The molecular formula is C26H25N. The molecular weight excluding hydrogens is 326 g/mol. The molecule has 0 bridgehead atoms. The molecule has 0 saturated heterocycles. The van der Waals surface area contributed by atoms with Gasteiger partial charge in [0.25, 0.3) is 0 Å². The van der Waals surface area contributed by atoms with Gasteiger partial charge in [0, 0.05) is 11.6 Å². The molecule has 1 nitrogen and oxygen atoms in total. The molecule has 2 N–H and O–H groups in total. The van der Waals surface area contributed by atoms with Crippen LogP contribution in [0.25, 0.3) is 0 Å². The standard InChI is InChI=1S/C26H25N/c1-20-11-5-2-6-12-21-17-18-24(27)19-25(21)26(20,22-13-7-3-8-14-22)23-15-9-4-10-16-23/h2-4,6-10,13-16,18-21H,12,17,27H2,1H3/b6-2-. The highest BCUT2D eigenvalue weighted by atomic mass is 14.6. The van der Waals surface area contributed by atoms with Crippen molar-refractivity contribution in [2.45, 2.75) is 25.2 Å². The van der Waals surface area contributed by atoms with Crippen molar-refractivity contribution in [1.29, 1.82) is 0 Å². The van der Waals surface area contributed by atoms with Gasteiger partial charge < -0.3 is 5.73 Å². The van der Waals surface area contributed by atoms with Crippen LogP contribution in [0, 0.1) is 23.7 Å². The van der Waals surface area contributed by atoms with E-state index in [1.165, 1.54) is 16.7 Å². The number of allylic oxidation sites excluding steroid dienone is 5. The Balaban J connectivity index is 2.08. The molecule has 4 rings (SSSR count). The zero-order valence-corrected chi connectivity index (χ0v) is 15.7. The summed E-state index contributed by atoms with van der Waals surface area (Å²) in [6, 6.07) is 21.6. The van der Waals surface area contributed by atoms with Crippen molar-refractivity contribution >= 4 is 0 Å². The summed E-state index contributed by atoms with van der Waals surface area (Å²) in [5, 5.41) is 0. The van der Waals surface area contributed by atoms with Crippen molar-refractivity contribution in [2.24, 2.45) is 17.6 Å². The van der Waals surface area contributed by atoms with Gasteiger partial charge in [0.05, 0.1) is 5.41 Å². The lowest BCUT2D eigenvalue weighted by atomic mass is 9.58. The van der Waals surface area contributed by atoms with E-state index >= 15 is 0 Å². The van der Waals surface area contributed by atoms with Crippen LogP contribution in [0.1, 0.15) is 30.9 Å². The predicted octanol–water partition coefficient (Wildman–Crippen LogP) is 5.36. The molecule has 1 heteroatoms. The highest BCUT2D eigenvalue weighted by molar-refractivity contribution is 5.55. The van der Waals surface area contributed by atoms with Crippen LogP contribution in [0.3, 0.4) is 0 Å². The molecule has 2 aromatic carbocycles. The molecule has 0 fully saturated rings. The molecule has 134 valence electrons. The maximum absolute atomic E-state index is 6.32. The number of nitrogens with two attached hydrogens (primary N) is 1. The van der Waals surface area contributed by atoms with Crippen molar-refractivity contribution in [3.63, 3.8) is 0 Å². The van der Waals surface area contributed by atoms with E-state index in [-0.39, 0.29) is 11.3 Å². The van der Waals surface area contributed by atoms with E-state index in [9.17, 15) is 0 Å². The van der Waals surface area contributed by atoms with E-state index in [2.05, 4.69) is 97.7 Å². The summed E-state index contributed by atoms with van der Waals surface area (Å²) < 4.78 is 0. The number of hydrogen-bond donors (Lipinski definition) is 1. The van der Waals surface area contributed by atoms with Crippen molar-refractivity contribution in [3.05, 3.63) is 107 Å². The third kappa shape index (κ3) is 3.02. The molecule has 0 saturated carbocycles. The summed E-state index contributed by atoms with van der Waals surface area (Å²) >= 11 is 0. The van der Waals surface area contributed by atoms with E-state index in [1.54, 1.807) is 0 Å². The minimum Gasteiger partial charge on any atom is -0.399 e. The van der Waals surface area contributed by atoms with E-state index in [1.807, 2.05) is 6.08 Å². The van der Waals surface area contributed by atoms with Gasteiger partial charge in [-0.05, 0) is 54.5 Å². The molecule has 2 unspecified atom stereocenters. The summed E-state index contributed by atoms with van der Waals surface area (Å²) in [5.74, 6) is 7.34. The van der Waals surface area contributed by atoms with Gasteiger partial charge in [0.2, 0.25) is 0 Å². The summed E-state index contributed by atoms with van der Waals surface area (Å²) in [4.78, 5) is 0. The van der Waals surface area contributed by atoms with Crippen molar-refractivity contribution in [2.75, 3.05) is 0 Å². The number of fused-ring (bicyclic) bond motifs is 1. The zero-order valence-electron chi connectivity index (χ0n) is 15.7. The molecule has 0 heterocycles. The smallest absolute Gasteiger partial charge is 0.0552 e. The summed E-state index contributed by atoms with van der Waals surface area (Å²) in [6.07, 6.45) is 10.5. The van der Waals surface area contributed by atoms with Crippen molar-refractivity contribution in [1.82, 2.24) is 0 Å². The molecule has 0 aliphatic heterocycles. The fraction of sp³-hybridized carbons (Fsp3) is 0.231. The Labute approximate surface area is 162 Å². The Morgan fingerprint density at radius 1 is 0.926 bits per heavy atom. The summed E-state index contributed by atoms with van der Waals surface area (Å²) in [6.45, 7) is 2.25. The van der Waals surface area contributed by atoms with Crippen LogP contribution in [-0.2, 0) is 5.41 Å². The largest absolute Gasteiger partial charge is 0.399 e. The Bertz CT molecular complexity index is 912. The lowest BCUT2D eigenvalue weighted by Gasteiger charge is -2.44. The summed E-state index contributed by atoms with van der Waals surface area (Å²) in [7, 11) is 0. The lowest BCUT2D eigenvalue weighted by molar-refractivity contribution is 0.419. The SMILES string of the molecule is CC1C#C/C=C\CC2CC=C(N)C=C2C1(c1ccccc1)c1ccccc1. The normalized spacial score (nSPS) is 24.6. The van der Waals surface area contributed by atoms with Crippen LogP contribution < -0.4 is 5.73 Å². The molecule has 2 aromatic rings. The van der Waals surface area contributed by atoms with Crippen LogP contribution in [0.5, 0.6) is 0 Å². The van der Waals surface area contributed by atoms with Crippen LogP contribution >= 0.6 is 0 Å². The Morgan fingerprint density at radius 2 is 1.56 bits per heavy atom. The van der Waals surface area contributed by atoms with Crippen molar-refractivity contribution < 1.29 is 0 Å². The predicted molar refractivity (Wildman–Crippen MR) is 113 cm³/mol. The molecule has 27 heavy (non-hydrogen) atoms. The molecule has 2 aliphatic rings. The summed E-state index contributed by atoms with van der Waals surface area (Å²) in [5.41, 5.74) is 10.8. The Kier molecular flexibility index (Phi) is 4.73. The maximum Gasteiger partial charge on any atom is 0.0552 e. The maximum atomic E-state index is 6.32. The third-order valence-corrected chi connectivity index (χ3v) is 5.88. The molecule has 2 aliphatic carbocycles. The van der Waals surface area contributed by atoms with E-state index < -0.39 is 0 Å². The van der Waals surface area contributed by atoms with Crippen LogP contribution in [-0.4, -0.2) is 0 Å². The lowest BCUT2D eigenvalue weighted by Crippen LogP contribution is -2.40. The van der Waals surface area contributed by atoms with Crippen LogP contribution in [0.2, 0.25) is 0 Å². The first-order chi connectivity index (χ1) is 13.2. The zero-order chi connectivity index (χ0) is 18.7. The first-order valence-electron chi connectivity index (χ1n) is 9.67. The monoisotopic (exact) mass is 351 g/mol. The Morgan fingerprint density at radius 3 is 2.19 bits per heavy atom. The minimum atomic E-state index is -0.314. The van der Waals surface area contributed by atoms with Gasteiger partial charge in [-0.2, -0.15) is 0 Å². The highest BCUT2D eigenvalue weighted by Gasteiger charge is 2.45. The quantitative estimate of drug-likeness (QED) is 0.724. The minimum absolute atomic E-state index is 0.115. The average Bonchev–Trinajstić information content (AvgIpc) is 2.77. The van der Waals surface area contributed by atoms with Gasteiger partial charge >= 0.3 is 0 Å². The molecule has 2 atom stereocenters. The van der Waals surface area contributed by atoms with E-state index in [4.69, 9.17) is 5.73 Å². The van der Waals surface area contributed by atoms with Crippen LogP contribution in [0.4, 0.5) is 0 Å². The second-order valence-electron chi connectivity index (χ2n) is 7.42. The first kappa shape index (κ1) is 17.4. The van der Waals surface area contributed by atoms with Gasteiger partial charge in [0.15, 0.2) is 0 Å². The second-order valence-corrected chi connectivity index (χ2v) is 7.42. The van der Waals surface area contributed by atoms with Crippen LogP contribution in [0.15, 0.2) is 96.2 Å². The van der Waals surface area contributed by atoms with Gasteiger partial charge in [-0.15, -0.1) is 0 Å². The van der Waals surface area contributed by atoms with Gasteiger partial charge in [0.1, 0.15) is 0 Å². The van der Waals surface area contributed by atoms with Crippen molar-refractivity contribution in [3.8, 4) is 11.8 Å². The van der Waals surface area contributed by atoms with E-state index in [0.717, 1.165) is 18.5 Å². The Hall–Kier alpha value is -2.98. The third-order valence-electron chi connectivity index (χ3n) is 5.88. The topological polar surface area (TPSA) is 26.0 Å². The first-order valence-corrected chi connectivity index (χ1v) is 9.67. The second kappa shape index (κ2) is 7.33. The molecule has 0 aromatic heterocycles. The highest BCUT2D eigenvalue weighted by Crippen LogP contribution is 2.50.